The van der Waals surface area contributed by atoms with E-state index in [4.69, 9.17) is 10.5 Å². The lowest BCUT2D eigenvalue weighted by molar-refractivity contribution is 0.387. The van der Waals surface area contributed by atoms with E-state index >= 15 is 0 Å². The zero-order valence-electron chi connectivity index (χ0n) is 10.6. The smallest absolute Gasteiger partial charge is 0.167 e. The predicted octanol–water partition coefficient (Wildman–Crippen LogP) is 3.61. The second-order valence-corrected chi connectivity index (χ2v) is 4.16. The first-order chi connectivity index (χ1) is 9.01. The van der Waals surface area contributed by atoms with E-state index < -0.39 is 5.82 Å². The van der Waals surface area contributed by atoms with Crippen molar-refractivity contribution >= 4 is 17.1 Å². The number of hydrogen-bond acceptors (Lipinski definition) is 3. The number of anilines is 3. The third-order valence-electron chi connectivity index (χ3n) is 2.78. The standard InChI is InChI=1S/C14H14F2N2O/c1-8-5-9(15)3-4-12(8)18-13-7-14(19-2)10(16)6-11(13)17/h3-7,18H,17H2,1-2H3. The Bertz CT molecular complexity index is 615. The van der Waals surface area contributed by atoms with Gasteiger partial charge in [-0.3, -0.25) is 0 Å². The van der Waals surface area contributed by atoms with Crippen LogP contribution in [0.5, 0.6) is 5.75 Å². The maximum Gasteiger partial charge on any atom is 0.167 e. The zero-order chi connectivity index (χ0) is 14.0. The van der Waals surface area contributed by atoms with Crippen molar-refractivity contribution in [1.29, 1.82) is 0 Å². The van der Waals surface area contributed by atoms with Crippen LogP contribution in [0.25, 0.3) is 0 Å². The van der Waals surface area contributed by atoms with E-state index in [0.29, 0.717) is 11.4 Å². The minimum atomic E-state index is -0.527. The highest BCUT2D eigenvalue weighted by atomic mass is 19.1. The molecule has 2 aromatic rings. The van der Waals surface area contributed by atoms with Gasteiger partial charge in [-0.1, -0.05) is 0 Å². The first-order valence-electron chi connectivity index (χ1n) is 5.67. The molecule has 3 N–H and O–H groups in total. The van der Waals surface area contributed by atoms with E-state index in [2.05, 4.69) is 5.32 Å². The topological polar surface area (TPSA) is 47.3 Å². The van der Waals surface area contributed by atoms with Crippen LogP contribution in [-0.4, -0.2) is 7.11 Å². The molecule has 0 aliphatic carbocycles. The summed E-state index contributed by atoms with van der Waals surface area (Å²) in [5.41, 5.74) is 7.92. The Labute approximate surface area is 110 Å². The summed E-state index contributed by atoms with van der Waals surface area (Å²) in [5, 5.41) is 3.03. The van der Waals surface area contributed by atoms with Gasteiger partial charge in [0.15, 0.2) is 11.6 Å². The Morgan fingerprint density at radius 1 is 1.11 bits per heavy atom. The number of nitrogens with one attached hydrogen (secondary N) is 1. The molecule has 0 atom stereocenters. The Kier molecular flexibility index (Phi) is 3.55. The molecule has 0 saturated heterocycles. The highest BCUT2D eigenvalue weighted by Gasteiger charge is 2.09. The Morgan fingerprint density at radius 2 is 1.84 bits per heavy atom. The van der Waals surface area contributed by atoms with Gasteiger partial charge in [-0.05, 0) is 30.7 Å². The molecule has 100 valence electrons. The summed E-state index contributed by atoms with van der Waals surface area (Å²) >= 11 is 0. The fourth-order valence-electron chi connectivity index (χ4n) is 1.75. The molecule has 2 aromatic carbocycles. The summed E-state index contributed by atoms with van der Waals surface area (Å²) in [6.07, 6.45) is 0. The number of ether oxygens (including phenoxy) is 1. The number of nitrogens with two attached hydrogens (primary N) is 1. The van der Waals surface area contributed by atoms with Crippen LogP contribution in [0, 0.1) is 18.6 Å². The Hall–Kier alpha value is -2.30. The third kappa shape index (κ3) is 2.76. The van der Waals surface area contributed by atoms with Crippen LogP contribution in [0.4, 0.5) is 25.8 Å². The number of benzene rings is 2. The molecule has 0 bridgehead atoms. The molecule has 0 fully saturated rings. The van der Waals surface area contributed by atoms with Crippen molar-refractivity contribution < 1.29 is 13.5 Å². The van der Waals surface area contributed by atoms with Gasteiger partial charge in [0.05, 0.1) is 18.5 Å². The van der Waals surface area contributed by atoms with Crippen molar-refractivity contribution in [3.63, 3.8) is 0 Å². The van der Waals surface area contributed by atoms with Crippen LogP contribution < -0.4 is 15.8 Å². The second kappa shape index (κ2) is 5.14. The summed E-state index contributed by atoms with van der Waals surface area (Å²) < 4.78 is 31.3. The van der Waals surface area contributed by atoms with Crippen molar-refractivity contribution in [3.8, 4) is 5.75 Å². The molecule has 19 heavy (non-hydrogen) atoms. The van der Waals surface area contributed by atoms with Crippen LogP contribution in [-0.2, 0) is 0 Å². The molecule has 2 rings (SSSR count). The lowest BCUT2D eigenvalue weighted by atomic mass is 10.1. The number of nitrogen functional groups attached to an aromatic ring is 1. The molecule has 0 aromatic heterocycles. The molecule has 0 radical (unpaired) electrons. The summed E-state index contributed by atoms with van der Waals surface area (Å²) in [6.45, 7) is 1.77. The summed E-state index contributed by atoms with van der Waals surface area (Å²) in [7, 11) is 1.38. The number of methoxy groups -OCH3 is 1. The molecular weight excluding hydrogens is 250 g/mol. The molecule has 0 aliphatic heterocycles. The lowest BCUT2D eigenvalue weighted by Crippen LogP contribution is -2.00. The number of halogens is 2. The van der Waals surface area contributed by atoms with Crippen LogP contribution in [0.2, 0.25) is 0 Å². The van der Waals surface area contributed by atoms with Gasteiger partial charge in [-0.25, -0.2) is 8.78 Å². The molecule has 0 saturated carbocycles. The van der Waals surface area contributed by atoms with Gasteiger partial charge in [-0.15, -0.1) is 0 Å². The van der Waals surface area contributed by atoms with Crippen LogP contribution in [0.15, 0.2) is 30.3 Å². The maximum atomic E-state index is 13.4. The number of aryl methyl sites for hydroxylation is 1. The predicted molar refractivity (Wildman–Crippen MR) is 71.8 cm³/mol. The average molecular weight is 264 g/mol. The van der Waals surface area contributed by atoms with Crippen molar-refractivity contribution in [2.45, 2.75) is 6.92 Å². The molecule has 0 amide bonds. The van der Waals surface area contributed by atoms with Gasteiger partial charge in [0, 0.05) is 17.8 Å². The van der Waals surface area contributed by atoms with Crippen LogP contribution in [0.1, 0.15) is 5.56 Å². The fraction of sp³-hybridized carbons (Fsp3) is 0.143. The molecule has 3 nitrogen and oxygen atoms in total. The fourth-order valence-corrected chi connectivity index (χ4v) is 1.75. The number of hydrogen-bond donors (Lipinski definition) is 2. The largest absolute Gasteiger partial charge is 0.494 e. The van der Waals surface area contributed by atoms with Gasteiger partial charge in [0.2, 0.25) is 0 Å². The van der Waals surface area contributed by atoms with Crippen molar-refractivity contribution in [2.24, 2.45) is 0 Å². The van der Waals surface area contributed by atoms with E-state index in [1.165, 1.54) is 31.4 Å². The Morgan fingerprint density at radius 3 is 2.47 bits per heavy atom. The molecule has 0 heterocycles. The molecule has 0 unspecified atom stereocenters. The van der Waals surface area contributed by atoms with Gasteiger partial charge < -0.3 is 15.8 Å². The monoisotopic (exact) mass is 264 g/mol. The molecule has 0 spiro atoms. The highest BCUT2D eigenvalue weighted by Crippen LogP contribution is 2.31. The summed E-state index contributed by atoms with van der Waals surface area (Å²) in [4.78, 5) is 0. The quantitative estimate of drug-likeness (QED) is 0.832. The number of rotatable bonds is 3. The van der Waals surface area contributed by atoms with Gasteiger partial charge in [0.25, 0.3) is 0 Å². The van der Waals surface area contributed by atoms with E-state index in [9.17, 15) is 8.78 Å². The summed E-state index contributed by atoms with van der Waals surface area (Å²) in [5.74, 6) is -0.745. The normalized spacial score (nSPS) is 10.3. The third-order valence-corrected chi connectivity index (χ3v) is 2.78. The minimum Gasteiger partial charge on any atom is -0.494 e. The average Bonchev–Trinajstić information content (AvgIpc) is 2.35. The molecule has 0 aliphatic rings. The van der Waals surface area contributed by atoms with E-state index in [1.54, 1.807) is 13.0 Å². The van der Waals surface area contributed by atoms with Gasteiger partial charge in [0.1, 0.15) is 5.82 Å². The first kappa shape index (κ1) is 13.1. The van der Waals surface area contributed by atoms with Crippen molar-refractivity contribution in [1.82, 2.24) is 0 Å². The van der Waals surface area contributed by atoms with Gasteiger partial charge >= 0.3 is 0 Å². The van der Waals surface area contributed by atoms with Crippen LogP contribution >= 0.6 is 0 Å². The van der Waals surface area contributed by atoms with Crippen molar-refractivity contribution in [3.05, 3.63) is 47.5 Å². The minimum absolute atomic E-state index is 0.0939. The zero-order valence-corrected chi connectivity index (χ0v) is 10.6. The van der Waals surface area contributed by atoms with E-state index in [0.717, 1.165) is 5.56 Å². The lowest BCUT2D eigenvalue weighted by Gasteiger charge is -2.13. The van der Waals surface area contributed by atoms with E-state index in [1.807, 2.05) is 0 Å². The van der Waals surface area contributed by atoms with Crippen molar-refractivity contribution in [2.75, 3.05) is 18.2 Å². The highest BCUT2D eigenvalue weighted by molar-refractivity contribution is 5.75. The maximum absolute atomic E-state index is 13.4. The second-order valence-electron chi connectivity index (χ2n) is 4.16. The summed E-state index contributed by atoms with van der Waals surface area (Å²) in [6, 6.07) is 6.99. The SMILES string of the molecule is COc1cc(Nc2ccc(F)cc2C)c(N)cc1F. The van der Waals surface area contributed by atoms with Crippen LogP contribution in [0.3, 0.4) is 0 Å². The van der Waals surface area contributed by atoms with Gasteiger partial charge in [-0.2, -0.15) is 0 Å². The molecule has 5 heteroatoms. The Balaban J connectivity index is 2.37. The van der Waals surface area contributed by atoms with E-state index in [-0.39, 0.29) is 17.3 Å². The molecular formula is C14H14F2N2O. The first-order valence-corrected chi connectivity index (χ1v) is 5.67.